The van der Waals surface area contributed by atoms with Crippen LogP contribution in [-0.2, 0) is 11.3 Å². The number of nitrogens with zero attached hydrogens (tertiary/aromatic N) is 3. The van der Waals surface area contributed by atoms with Gasteiger partial charge in [0.25, 0.3) is 11.6 Å². The SMILES string of the molecule is Cc1cc(N=C2NC(=O)/C(=C/c3c(C)n(Cc4ccc([N+](=O)[O-])cc4)c4ccccc34)S2)cc(C)c1Br. The number of hydrogen-bond donors (Lipinski definition) is 1. The van der Waals surface area contributed by atoms with Gasteiger partial charge in [-0.3, -0.25) is 14.9 Å². The van der Waals surface area contributed by atoms with Gasteiger partial charge in [0, 0.05) is 45.3 Å². The van der Waals surface area contributed by atoms with Crippen LogP contribution >= 0.6 is 27.7 Å². The molecule has 9 heteroatoms. The summed E-state index contributed by atoms with van der Waals surface area (Å²) >= 11 is 4.90. The van der Waals surface area contributed by atoms with Crippen LogP contribution in [0.4, 0.5) is 11.4 Å². The van der Waals surface area contributed by atoms with Crippen molar-refractivity contribution in [3.63, 3.8) is 0 Å². The van der Waals surface area contributed by atoms with Crippen molar-refractivity contribution >= 4 is 67.1 Å². The van der Waals surface area contributed by atoms with Crippen molar-refractivity contribution in [1.82, 2.24) is 9.88 Å². The predicted molar refractivity (Wildman–Crippen MR) is 153 cm³/mol. The Morgan fingerprint density at radius 2 is 1.76 bits per heavy atom. The Balaban J connectivity index is 1.49. The summed E-state index contributed by atoms with van der Waals surface area (Å²) in [5.41, 5.74) is 6.98. The van der Waals surface area contributed by atoms with E-state index in [2.05, 4.69) is 30.8 Å². The molecule has 186 valence electrons. The lowest BCUT2D eigenvalue weighted by atomic mass is 10.1. The summed E-state index contributed by atoms with van der Waals surface area (Å²) in [5, 5.41) is 15.5. The first-order chi connectivity index (χ1) is 17.7. The third-order valence-corrected chi connectivity index (χ3v) is 8.51. The molecular weight excluding hydrogens is 552 g/mol. The Kier molecular flexibility index (Phi) is 6.74. The van der Waals surface area contributed by atoms with Gasteiger partial charge in [0.05, 0.1) is 15.5 Å². The van der Waals surface area contributed by atoms with Crippen LogP contribution in [0.15, 0.2) is 75.0 Å². The summed E-state index contributed by atoms with van der Waals surface area (Å²) in [6, 6.07) is 18.6. The highest BCUT2D eigenvalue weighted by Gasteiger charge is 2.25. The number of benzene rings is 3. The molecule has 0 spiro atoms. The molecule has 1 N–H and O–H groups in total. The normalized spacial score (nSPS) is 15.6. The highest BCUT2D eigenvalue weighted by molar-refractivity contribution is 9.10. The molecule has 4 aromatic rings. The minimum Gasteiger partial charge on any atom is -0.340 e. The molecule has 0 bridgehead atoms. The number of carbonyl (C=O) groups is 1. The van der Waals surface area contributed by atoms with Gasteiger partial charge >= 0.3 is 0 Å². The van der Waals surface area contributed by atoms with Gasteiger partial charge in [-0.2, -0.15) is 0 Å². The zero-order valence-electron chi connectivity index (χ0n) is 20.4. The van der Waals surface area contributed by atoms with E-state index in [9.17, 15) is 14.9 Å². The lowest BCUT2D eigenvalue weighted by molar-refractivity contribution is -0.384. The van der Waals surface area contributed by atoms with E-state index in [-0.39, 0.29) is 11.6 Å². The largest absolute Gasteiger partial charge is 0.340 e. The standard InChI is InChI=1S/C28H23BrN4O3S/c1-16-12-20(13-17(2)26(16)29)30-28-31-27(34)25(37-28)14-23-18(3)32(24-7-5-4-6-22(23)24)15-19-8-10-21(11-9-19)33(35)36/h4-14H,15H2,1-3H3,(H,30,31,34)/b25-14-. The Bertz CT molecular complexity index is 1610. The molecule has 3 aromatic carbocycles. The average Bonchev–Trinajstić information content (AvgIpc) is 3.34. The molecule has 1 aliphatic rings. The Labute approximate surface area is 226 Å². The zero-order valence-corrected chi connectivity index (χ0v) is 22.8. The van der Waals surface area contributed by atoms with Crippen molar-refractivity contribution in [2.75, 3.05) is 0 Å². The van der Waals surface area contributed by atoms with Crippen molar-refractivity contribution in [2.45, 2.75) is 27.3 Å². The van der Waals surface area contributed by atoms with E-state index in [0.717, 1.165) is 49.0 Å². The van der Waals surface area contributed by atoms with Crippen LogP contribution in [0.3, 0.4) is 0 Å². The van der Waals surface area contributed by atoms with Gasteiger partial charge in [-0.1, -0.05) is 46.3 Å². The molecule has 37 heavy (non-hydrogen) atoms. The fourth-order valence-corrected chi connectivity index (χ4v) is 5.52. The Hall–Kier alpha value is -3.69. The molecule has 7 nitrogen and oxygen atoms in total. The van der Waals surface area contributed by atoms with Gasteiger partial charge in [0.1, 0.15) is 0 Å². The van der Waals surface area contributed by atoms with Crippen LogP contribution < -0.4 is 5.32 Å². The Morgan fingerprint density at radius 1 is 1.08 bits per heavy atom. The fourth-order valence-electron chi connectivity index (χ4n) is 4.47. The number of nitro groups is 1. The molecule has 1 aliphatic heterocycles. The summed E-state index contributed by atoms with van der Waals surface area (Å²) < 4.78 is 3.23. The van der Waals surface area contributed by atoms with E-state index in [1.54, 1.807) is 12.1 Å². The van der Waals surface area contributed by atoms with Gasteiger partial charge in [-0.25, -0.2) is 4.99 Å². The van der Waals surface area contributed by atoms with E-state index in [4.69, 9.17) is 0 Å². The number of nitro benzene ring substituents is 1. The fraction of sp³-hybridized carbons (Fsp3) is 0.143. The van der Waals surface area contributed by atoms with Crippen LogP contribution in [0.5, 0.6) is 0 Å². The lowest BCUT2D eigenvalue weighted by Crippen LogP contribution is -2.19. The molecule has 1 aromatic heterocycles. The summed E-state index contributed by atoms with van der Waals surface area (Å²) in [7, 11) is 0. The molecular formula is C28H23BrN4O3S. The summed E-state index contributed by atoms with van der Waals surface area (Å²) in [6.07, 6.45) is 1.92. The van der Waals surface area contributed by atoms with Crippen LogP contribution in [0, 0.1) is 30.9 Å². The van der Waals surface area contributed by atoms with Gasteiger partial charge in [0.15, 0.2) is 5.17 Å². The van der Waals surface area contributed by atoms with Crippen LogP contribution in [0.25, 0.3) is 17.0 Å². The first kappa shape index (κ1) is 25.0. The maximum atomic E-state index is 12.8. The number of aliphatic imine (C=N–C) groups is 1. The molecule has 0 radical (unpaired) electrons. The van der Waals surface area contributed by atoms with Gasteiger partial charge < -0.3 is 9.88 Å². The van der Waals surface area contributed by atoms with Crippen molar-refractivity contribution in [1.29, 1.82) is 0 Å². The van der Waals surface area contributed by atoms with Crippen LogP contribution in [-0.4, -0.2) is 20.6 Å². The molecule has 0 unspecified atom stereocenters. The number of para-hydroxylation sites is 1. The van der Waals surface area contributed by atoms with Crippen molar-refractivity contribution in [2.24, 2.45) is 4.99 Å². The van der Waals surface area contributed by atoms with Gasteiger partial charge in [0.2, 0.25) is 0 Å². The second-order valence-corrected chi connectivity index (χ2v) is 10.7. The quantitative estimate of drug-likeness (QED) is 0.155. The third-order valence-electron chi connectivity index (χ3n) is 6.35. The number of rotatable bonds is 5. The summed E-state index contributed by atoms with van der Waals surface area (Å²) in [5.74, 6) is -0.180. The zero-order chi connectivity index (χ0) is 26.3. The van der Waals surface area contributed by atoms with E-state index < -0.39 is 4.92 Å². The number of halogens is 1. The summed E-state index contributed by atoms with van der Waals surface area (Å²) in [6.45, 7) is 6.61. The first-order valence-electron chi connectivity index (χ1n) is 11.6. The smallest absolute Gasteiger partial charge is 0.269 e. The number of aromatic nitrogens is 1. The van der Waals surface area contributed by atoms with Crippen molar-refractivity contribution in [3.05, 3.63) is 108 Å². The van der Waals surface area contributed by atoms with Crippen molar-refractivity contribution in [3.8, 4) is 0 Å². The van der Waals surface area contributed by atoms with E-state index >= 15 is 0 Å². The molecule has 0 atom stereocenters. The van der Waals surface area contributed by atoms with Gasteiger partial charge in [-0.05, 0) is 73.5 Å². The van der Waals surface area contributed by atoms with E-state index in [0.29, 0.717) is 16.6 Å². The van der Waals surface area contributed by atoms with E-state index in [1.165, 1.54) is 23.9 Å². The lowest BCUT2D eigenvalue weighted by Gasteiger charge is -2.09. The average molecular weight is 575 g/mol. The molecule has 1 amide bonds. The number of aryl methyl sites for hydroxylation is 2. The Morgan fingerprint density at radius 3 is 2.43 bits per heavy atom. The number of fused-ring (bicyclic) bond motifs is 1. The summed E-state index contributed by atoms with van der Waals surface area (Å²) in [4.78, 5) is 28.7. The molecule has 2 heterocycles. The molecule has 0 aliphatic carbocycles. The predicted octanol–water partition coefficient (Wildman–Crippen LogP) is 7.18. The van der Waals surface area contributed by atoms with Crippen LogP contribution in [0.1, 0.15) is 27.9 Å². The topological polar surface area (TPSA) is 89.5 Å². The number of amidine groups is 1. The number of amides is 1. The minimum atomic E-state index is -0.398. The highest BCUT2D eigenvalue weighted by Crippen LogP contribution is 2.34. The maximum absolute atomic E-state index is 12.8. The molecule has 0 saturated carbocycles. The second-order valence-electron chi connectivity index (χ2n) is 8.90. The molecule has 5 rings (SSSR count). The third kappa shape index (κ3) is 4.97. The number of hydrogen-bond acceptors (Lipinski definition) is 5. The van der Waals surface area contributed by atoms with E-state index in [1.807, 2.05) is 63.2 Å². The van der Waals surface area contributed by atoms with Crippen LogP contribution in [0.2, 0.25) is 0 Å². The first-order valence-corrected chi connectivity index (χ1v) is 13.2. The number of nitrogens with one attached hydrogen (secondary N) is 1. The minimum absolute atomic E-state index is 0.0680. The highest BCUT2D eigenvalue weighted by atomic mass is 79.9. The monoisotopic (exact) mass is 574 g/mol. The molecule has 1 saturated heterocycles. The number of carbonyl (C=O) groups excluding carboxylic acids is 1. The number of thioether (sulfide) groups is 1. The van der Waals surface area contributed by atoms with Gasteiger partial charge in [-0.15, -0.1) is 0 Å². The molecule has 1 fully saturated rings. The second kappa shape index (κ2) is 9.99. The maximum Gasteiger partial charge on any atom is 0.269 e. The number of non-ortho nitro benzene ring substituents is 1. The van der Waals surface area contributed by atoms with Crippen molar-refractivity contribution < 1.29 is 9.72 Å².